The van der Waals surface area contributed by atoms with Gasteiger partial charge in [0.05, 0.1) is 12.2 Å². The van der Waals surface area contributed by atoms with Gasteiger partial charge in [0.25, 0.3) is 5.91 Å². The van der Waals surface area contributed by atoms with Gasteiger partial charge in [-0.25, -0.2) is 9.07 Å². The maximum absolute atomic E-state index is 13.1. The van der Waals surface area contributed by atoms with E-state index in [1.54, 1.807) is 4.68 Å². The zero-order chi connectivity index (χ0) is 18.8. The number of carbonyl (C=O) groups is 1. The fourth-order valence-electron chi connectivity index (χ4n) is 3.15. The number of aryl methyl sites for hydroxylation is 1. The first-order chi connectivity index (χ1) is 13.1. The van der Waals surface area contributed by atoms with Crippen molar-refractivity contribution in [3.05, 3.63) is 95.4 Å². The third-order valence-corrected chi connectivity index (χ3v) is 4.45. The van der Waals surface area contributed by atoms with Crippen LogP contribution in [0.5, 0.6) is 0 Å². The molecule has 3 aromatic carbocycles. The van der Waals surface area contributed by atoms with Crippen molar-refractivity contribution in [1.82, 2.24) is 9.78 Å². The summed E-state index contributed by atoms with van der Waals surface area (Å²) in [6, 6.07) is 21.6. The van der Waals surface area contributed by atoms with Crippen molar-refractivity contribution in [1.29, 1.82) is 0 Å². The van der Waals surface area contributed by atoms with E-state index in [9.17, 15) is 9.18 Å². The van der Waals surface area contributed by atoms with E-state index in [0.29, 0.717) is 17.9 Å². The Morgan fingerprint density at radius 2 is 1.78 bits per heavy atom. The normalized spacial score (nSPS) is 10.9. The van der Waals surface area contributed by atoms with Gasteiger partial charge in [-0.1, -0.05) is 42.5 Å². The van der Waals surface area contributed by atoms with E-state index in [1.165, 1.54) is 24.3 Å². The first-order valence-electron chi connectivity index (χ1n) is 8.68. The van der Waals surface area contributed by atoms with Gasteiger partial charge in [0, 0.05) is 11.6 Å². The number of aromatic nitrogens is 2. The van der Waals surface area contributed by atoms with Crippen molar-refractivity contribution in [2.45, 2.75) is 13.5 Å². The Morgan fingerprint density at radius 1 is 1.04 bits per heavy atom. The van der Waals surface area contributed by atoms with Gasteiger partial charge in [-0.2, -0.15) is 5.10 Å². The highest BCUT2D eigenvalue weighted by molar-refractivity contribution is 6.03. The predicted molar refractivity (Wildman–Crippen MR) is 104 cm³/mol. The quantitative estimate of drug-likeness (QED) is 0.570. The Labute approximate surface area is 156 Å². The second-order valence-electron chi connectivity index (χ2n) is 6.43. The summed E-state index contributed by atoms with van der Waals surface area (Å²) in [5.41, 5.74) is 2.32. The number of nitrogens with one attached hydrogen (secondary N) is 1. The molecule has 0 aliphatic rings. The maximum Gasteiger partial charge on any atom is 0.256 e. The lowest BCUT2D eigenvalue weighted by atomic mass is 10.0. The van der Waals surface area contributed by atoms with Crippen molar-refractivity contribution in [2.75, 3.05) is 5.32 Å². The first-order valence-corrected chi connectivity index (χ1v) is 8.68. The number of nitrogens with zero attached hydrogens (tertiary/aromatic N) is 2. The average molecular weight is 359 g/mol. The van der Waals surface area contributed by atoms with Crippen LogP contribution < -0.4 is 5.32 Å². The van der Waals surface area contributed by atoms with Gasteiger partial charge in [0.2, 0.25) is 0 Å². The summed E-state index contributed by atoms with van der Waals surface area (Å²) in [7, 11) is 0. The molecule has 1 heterocycles. The molecule has 0 atom stereocenters. The Kier molecular flexibility index (Phi) is 4.42. The van der Waals surface area contributed by atoms with Gasteiger partial charge in [-0.05, 0) is 47.5 Å². The molecular weight excluding hydrogens is 341 g/mol. The third-order valence-electron chi connectivity index (χ3n) is 4.45. The molecule has 4 rings (SSSR count). The van der Waals surface area contributed by atoms with Crippen LogP contribution in [0.3, 0.4) is 0 Å². The molecule has 0 bridgehead atoms. The van der Waals surface area contributed by atoms with Gasteiger partial charge in [-0.15, -0.1) is 0 Å². The molecule has 0 unspecified atom stereocenters. The summed E-state index contributed by atoms with van der Waals surface area (Å²) >= 11 is 0. The van der Waals surface area contributed by atoms with Crippen LogP contribution in [-0.4, -0.2) is 15.7 Å². The average Bonchev–Trinajstić information content (AvgIpc) is 3.01. The largest absolute Gasteiger partial charge is 0.307 e. The number of rotatable bonds is 4. The Morgan fingerprint density at radius 3 is 2.59 bits per heavy atom. The maximum atomic E-state index is 13.1. The number of amides is 1. The molecule has 0 fully saturated rings. The minimum absolute atomic E-state index is 0.297. The Hall–Kier alpha value is -3.47. The fourth-order valence-corrected chi connectivity index (χ4v) is 3.15. The van der Waals surface area contributed by atoms with Crippen molar-refractivity contribution >= 4 is 22.5 Å². The fraction of sp³-hybridized carbons (Fsp3) is 0.0909. The summed E-state index contributed by atoms with van der Waals surface area (Å²) in [6.07, 6.45) is 0. The number of hydrogen-bond donors (Lipinski definition) is 1. The van der Waals surface area contributed by atoms with Crippen molar-refractivity contribution in [3.63, 3.8) is 0 Å². The van der Waals surface area contributed by atoms with Crippen LogP contribution in [-0.2, 0) is 6.54 Å². The molecule has 0 saturated heterocycles. The molecule has 0 aliphatic carbocycles. The van der Waals surface area contributed by atoms with Crippen molar-refractivity contribution < 1.29 is 9.18 Å². The summed E-state index contributed by atoms with van der Waals surface area (Å²) in [6.45, 7) is 2.42. The van der Waals surface area contributed by atoms with Crippen LogP contribution in [0.2, 0.25) is 0 Å². The van der Waals surface area contributed by atoms with Crippen molar-refractivity contribution in [2.24, 2.45) is 0 Å². The molecule has 0 aliphatic heterocycles. The Bertz CT molecular complexity index is 1110. The molecule has 0 radical (unpaired) electrons. The van der Waals surface area contributed by atoms with Gasteiger partial charge in [0.1, 0.15) is 11.6 Å². The lowest BCUT2D eigenvalue weighted by Gasteiger charge is -2.11. The standard InChI is InChI=1S/C22H18FN3O/c1-15-13-21(24-22(27)17-9-11-19(23)12-10-17)26(25-15)14-18-7-4-6-16-5-2-3-8-20(16)18/h2-13H,14H2,1H3,(H,24,27). The predicted octanol–water partition coefficient (Wildman–Crippen LogP) is 4.78. The van der Waals surface area contributed by atoms with Crippen LogP contribution in [0.15, 0.2) is 72.8 Å². The summed E-state index contributed by atoms with van der Waals surface area (Å²) in [4.78, 5) is 12.5. The zero-order valence-corrected chi connectivity index (χ0v) is 14.8. The van der Waals surface area contributed by atoms with E-state index >= 15 is 0 Å². The second kappa shape index (κ2) is 7.03. The van der Waals surface area contributed by atoms with Crippen LogP contribution in [0.25, 0.3) is 10.8 Å². The van der Waals surface area contributed by atoms with E-state index in [-0.39, 0.29) is 11.7 Å². The summed E-state index contributed by atoms with van der Waals surface area (Å²) < 4.78 is 14.8. The molecule has 1 aromatic heterocycles. The molecule has 1 amide bonds. The molecule has 4 aromatic rings. The first kappa shape index (κ1) is 17.0. The van der Waals surface area contributed by atoms with E-state index < -0.39 is 0 Å². The summed E-state index contributed by atoms with van der Waals surface area (Å²) in [5, 5.41) is 9.71. The molecule has 1 N–H and O–H groups in total. The number of benzene rings is 3. The number of fused-ring (bicyclic) bond motifs is 1. The van der Waals surface area contributed by atoms with E-state index in [4.69, 9.17) is 0 Å². The van der Waals surface area contributed by atoms with E-state index in [0.717, 1.165) is 22.0 Å². The van der Waals surface area contributed by atoms with E-state index in [1.807, 2.05) is 31.2 Å². The highest BCUT2D eigenvalue weighted by Gasteiger charge is 2.12. The van der Waals surface area contributed by atoms with Gasteiger partial charge >= 0.3 is 0 Å². The lowest BCUT2D eigenvalue weighted by molar-refractivity contribution is 0.102. The Balaban J connectivity index is 1.63. The van der Waals surface area contributed by atoms with Crippen molar-refractivity contribution in [3.8, 4) is 0 Å². The smallest absolute Gasteiger partial charge is 0.256 e. The molecular formula is C22H18FN3O. The minimum Gasteiger partial charge on any atom is -0.307 e. The number of halogens is 1. The van der Waals surface area contributed by atoms with Gasteiger partial charge in [-0.3, -0.25) is 4.79 Å². The highest BCUT2D eigenvalue weighted by Crippen LogP contribution is 2.21. The summed E-state index contributed by atoms with van der Waals surface area (Å²) in [5.74, 6) is -0.0628. The number of carbonyl (C=O) groups excluding carboxylic acids is 1. The number of hydrogen-bond acceptors (Lipinski definition) is 2. The SMILES string of the molecule is Cc1cc(NC(=O)c2ccc(F)cc2)n(Cc2cccc3ccccc23)n1. The zero-order valence-electron chi connectivity index (χ0n) is 14.8. The molecule has 5 heteroatoms. The minimum atomic E-state index is -0.372. The molecule has 0 spiro atoms. The number of anilines is 1. The monoisotopic (exact) mass is 359 g/mol. The van der Waals surface area contributed by atoms with Crippen LogP contribution in [0.1, 0.15) is 21.6 Å². The van der Waals surface area contributed by atoms with Crippen LogP contribution in [0, 0.1) is 12.7 Å². The molecule has 27 heavy (non-hydrogen) atoms. The van der Waals surface area contributed by atoms with Crippen LogP contribution in [0.4, 0.5) is 10.2 Å². The topological polar surface area (TPSA) is 46.9 Å². The van der Waals surface area contributed by atoms with Gasteiger partial charge < -0.3 is 5.32 Å². The van der Waals surface area contributed by atoms with Crippen LogP contribution >= 0.6 is 0 Å². The van der Waals surface area contributed by atoms with Gasteiger partial charge in [0.15, 0.2) is 0 Å². The third kappa shape index (κ3) is 3.58. The van der Waals surface area contributed by atoms with E-state index in [2.05, 4.69) is 34.7 Å². The molecule has 0 saturated carbocycles. The molecule has 4 nitrogen and oxygen atoms in total. The highest BCUT2D eigenvalue weighted by atomic mass is 19.1. The lowest BCUT2D eigenvalue weighted by Crippen LogP contribution is -2.16. The second-order valence-corrected chi connectivity index (χ2v) is 6.43. The molecule has 134 valence electrons.